The number of carboxylic acids is 1. The molecule has 0 radical (unpaired) electrons. The van der Waals surface area contributed by atoms with E-state index in [4.69, 9.17) is 10.4 Å². The molecule has 0 saturated heterocycles. The molecule has 0 atom stereocenters. The Hall–Kier alpha value is -2.20. The van der Waals surface area contributed by atoms with Crippen LogP contribution in [0, 0.1) is 11.3 Å². The van der Waals surface area contributed by atoms with Gasteiger partial charge in [-0.3, -0.25) is 4.84 Å². The molecule has 1 aromatic heterocycles. The lowest BCUT2D eigenvalue weighted by molar-refractivity contribution is -0.141. The van der Waals surface area contributed by atoms with Crippen LogP contribution in [0.3, 0.4) is 0 Å². The molecule has 1 rings (SSSR count). The first-order valence-corrected chi connectivity index (χ1v) is 3.54. The van der Waals surface area contributed by atoms with Crippen LogP contribution in [0.4, 0.5) is 5.82 Å². The van der Waals surface area contributed by atoms with Crippen molar-refractivity contribution in [3.8, 4) is 6.07 Å². The minimum absolute atomic E-state index is 0.175. The number of nitriles is 1. The van der Waals surface area contributed by atoms with Crippen LogP contribution in [0.1, 0.15) is 5.69 Å². The van der Waals surface area contributed by atoms with Crippen LogP contribution in [0.25, 0.3) is 0 Å². The van der Waals surface area contributed by atoms with Crippen molar-refractivity contribution in [3.63, 3.8) is 0 Å². The predicted molar refractivity (Wildman–Crippen MR) is 44.0 cm³/mol. The average Bonchev–Trinajstić information content (AvgIpc) is 2.18. The zero-order valence-electron chi connectivity index (χ0n) is 6.97. The molecule has 0 spiro atoms. The molecule has 0 unspecified atom stereocenters. The molecule has 0 saturated carbocycles. The molecular weight excluding hydrogens is 188 g/mol. The first kappa shape index (κ1) is 9.88. The summed E-state index contributed by atoms with van der Waals surface area (Å²) in [7, 11) is 0. The van der Waals surface area contributed by atoms with Crippen LogP contribution < -0.4 is 5.48 Å². The summed E-state index contributed by atoms with van der Waals surface area (Å²) in [4.78, 5) is 22.0. The zero-order chi connectivity index (χ0) is 10.4. The molecule has 1 heterocycles. The lowest BCUT2D eigenvalue weighted by Crippen LogP contribution is -2.12. The topological polar surface area (TPSA) is 108 Å². The maximum atomic E-state index is 10.0. The highest BCUT2D eigenvalue weighted by molar-refractivity contribution is 5.68. The Bertz CT molecular complexity index is 356. The van der Waals surface area contributed by atoms with Crippen LogP contribution >= 0.6 is 0 Å². The van der Waals surface area contributed by atoms with Crippen LogP contribution in [-0.4, -0.2) is 27.7 Å². The molecule has 0 aliphatic carbocycles. The number of aromatic nitrogens is 2. The Morgan fingerprint density at radius 1 is 1.64 bits per heavy atom. The molecule has 0 aliphatic rings. The Labute approximate surface area is 78.9 Å². The van der Waals surface area contributed by atoms with Gasteiger partial charge in [0.2, 0.25) is 0 Å². The molecule has 1 aromatic rings. The monoisotopic (exact) mass is 194 g/mol. The largest absolute Gasteiger partial charge is 0.479 e. The van der Waals surface area contributed by atoms with Crippen molar-refractivity contribution in [2.24, 2.45) is 0 Å². The summed E-state index contributed by atoms with van der Waals surface area (Å²) in [6.07, 6.45) is 2.51. The fraction of sp³-hybridized carbons (Fsp3) is 0.143. The van der Waals surface area contributed by atoms with E-state index >= 15 is 0 Å². The molecule has 0 fully saturated rings. The summed E-state index contributed by atoms with van der Waals surface area (Å²) in [5.74, 6) is -0.857. The van der Waals surface area contributed by atoms with Crippen molar-refractivity contribution >= 4 is 11.8 Å². The second kappa shape index (κ2) is 4.74. The Kier molecular flexibility index (Phi) is 3.34. The van der Waals surface area contributed by atoms with Crippen LogP contribution in [0.5, 0.6) is 0 Å². The van der Waals surface area contributed by atoms with E-state index in [-0.39, 0.29) is 11.5 Å². The number of carbonyl (C=O) groups is 1. The molecule has 14 heavy (non-hydrogen) atoms. The predicted octanol–water partition coefficient (Wildman–Crippen LogP) is -0.224. The van der Waals surface area contributed by atoms with E-state index in [2.05, 4.69) is 20.3 Å². The second-order valence-electron chi connectivity index (χ2n) is 2.18. The SMILES string of the molecule is N#Cc1cnc(NOCC(=O)O)cn1. The normalized spacial score (nSPS) is 9.07. The molecule has 0 bridgehead atoms. The zero-order valence-corrected chi connectivity index (χ0v) is 6.97. The molecule has 2 N–H and O–H groups in total. The van der Waals surface area contributed by atoms with Gasteiger partial charge in [-0.1, -0.05) is 0 Å². The van der Waals surface area contributed by atoms with Gasteiger partial charge in [0.1, 0.15) is 6.07 Å². The van der Waals surface area contributed by atoms with Crippen LogP contribution in [-0.2, 0) is 9.63 Å². The Morgan fingerprint density at radius 2 is 2.43 bits per heavy atom. The van der Waals surface area contributed by atoms with Crippen molar-refractivity contribution in [1.82, 2.24) is 9.97 Å². The third kappa shape index (κ3) is 3.04. The first-order chi connectivity index (χ1) is 6.72. The summed E-state index contributed by atoms with van der Waals surface area (Å²) in [6, 6.07) is 1.79. The van der Waals surface area contributed by atoms with Gasteiger partial charge in [-0.25, -0.2) is 20.2 Å². The van der Waals surface area contributed by atoms with Crippen molar-refractivity contribution < 1.29 is 14.7 Å². The van der Waals surface area contributed by atoms with Crippen molar-refractivity contribution in [2.75, 3.05) is 12.1 Å². The minimum Gasteiger partial charge on any atom is -0.479 e. The van der Waals surface area contributed by atoms with Crippen LogP contribution in [0.2, 0.25) is 0 Å². The molecule has 0 aliphatic heterocycles. The third-order valence-corrected chi connectivity index (χ3v) is 1.14. The number of nitrogens with one attached hydrogen (secondary N) is 1. The fourth-order valence-corrected chi connectivity index (χ4v) is 0.610. The summed E-state index contributed by atoms with van der Waals surface area (Å²) < 4.78 is 0. The lowest BCUT2D eigenvalue weighted by Gasteiger charge is -2.02. The maximum absolute atomic E-state index is 10.0. The molecule has 0 aromatic carbocycles. The van der Waals surface area contributed by atoms with Crippen molar-refractivity contribution in [2.45, 2.75) is 0 Å². The standard InChI is InChI=1S/C7H6N4O3/c8-1-5-2-10-6(3-9-5)11-14-4-7(12)13/h2-3H,4H2,(H,10,11)(H,12,13). The summed E-state index contributed by atoms with van der Waals surface area (Å²) in [5, 5.41) is 16.6. The van der Waals surface area contributed by atoms with E-state index in [0.29, 0.717) is 0 Å². The Balaban J connectivity index is 2.45. The lowest BCUT2D eigenvalue weighted by atomic mass is 10.5. The second-order valence-corrected chi connectivity index (χ2v) is 2.18. The number of aliphatic carboxylic acids is 1. The van der Waals surface area contributed by atoms with E-state index in [1.807, 2.05) is 0 Å². The van der Waals surface area contributed by atoms with E-state index < -0.39 is 12.6 Å². The molecular formula is C7H6N4O3. The number of nitrogens with zero attached hydrogens (tertiary/aromatic N) is 3. The van der Waals surface area contributed by atoms with Gasteiger partial charge in [0, 0.05) is 0 Å². The van der Waals surface area contributed by atoms with Crippen LogP contribution in [0.15, 0.2) is 12.4 Å². The van der Waals surface area contributed by atoms with Crippen molar-refractivity contribution in [3.05, 3.63) is 18.1 Å². The quantitative estimate of drug-likeness (QED) is 0.637. The van der Waals surface area contributed by atoms with Gasteiger partial charge in [0.15, 0.2) is 18.1 Å². The molecule has 0 amide bonds. The number of anilines is 1. The first-order valence-electron chi connectivity index (χ1n) is 3.54. The van der Waals surface area contributed by atoms with E-state index in [9.17, 15) is 4.79 Å². The Morgan fingerprint density at radius 3 is 2.93 bits per heavy atom. The third-order valence-electron chi connectivity index (χ3n) is 1.14. The van der Waals surface area contributed by atoms with E-state index in [0.717, 1.165) is 0 Å². The van der Waals surface area contributed by atoms with Gasteiger partial charge in [-0.05, 0) is 0 Å². The number of rotatable bonds is 4. The molecule has 72 valence electrons. The maximum Gasteiger partial charge on any atom is 0.332 e. The number of hydrogen-bond acceptors (Lipinski definition) is 6. The highest BCUT2D eigenvalue weighted by Gasteiger charge is 1.98. The minimum atomic E-state index is -1.10. The number of carboxylic acid groups (broad SMARTS) is 1. The summed E-state index contributed by atoms with van der Waals surface area (Å²) in [6.45, 7) is -0.484. The van der Waals surface area contributed by atoms with Gasteiger partial charge in [-0.15, -0.1) is 0 Å². The molecule has 7 heteroatoms. The van der Waals surface area contributed by atoms with Gasteiger partial charge in [0.25, 0.3) is 0 Å². The van der Waals surface area contributed by atoms with E-state index in [1.54, 1.807) is 6.07 Å². The van der Waals surface area contributed by atoms with Crippen molar-refractivity contribution in [1.29, 1.82) is 5.26 Å². The highest BCUT2D eigenvalue weighted by atomic mass is 16.7. The number of hydrogen-bond donors (Lipinski definition) is 2. The fourth-order valence-electron chi connectivity index (χ4n) is 0.610. The highest BCUT2D eigenvalue weighted by Crippen LogP contribution is 1.99. The van der Waals surface area contributed by atoms with Gasteiger partial charge < -0.3 is 5.11 Å². The van der Waals surface area contributed by atoms with Gasteiger partial charge in [0.05, 0.1) is 12.4 Å². The van der Waals surface area contributed by atoms with Gasteiger partial charge >= 0.3 is 5.97 Å². The van der Waals surface area contributed by atoms with Gasteiger partial charge in [-0.2, -0.15) is 5.26 Å². The summed E-state index contributed by atoms with van der Waals surface area (Å²) >= 11 is 0. The summed E-state index contributed by atoms with van der Waals surface area (Å²) in [5.41, 5.74) is 2.44. The average molecular weight is 194 g/mol. The molecule has 7 nitrogen and oxygen atoms in total. The smallest absolute Gasteiger partial charge is 0.332 e. The van der Waals surface area contributed by atoms with E-state index in [1.165, 1.54) is 12.4 Å².